The molecular weight excluding hydrogens is 360 g/mol. The van der Waals surface area contributed by atoms with Gasteiger partial charge in [0, 0.05) is 18.7 Å². The van der Waals surface area contributed by atoms with E-state index in [1.807, 2.05) is 30.3 Å². The van der Waals surface area contributed by atoms with E-state index in [1.165, 1.54) is 5.56 Å². The van der Waals surface area contributed by atoms with Gasteiger partial charge in [-0.3, -0.25) is 0 Å². The molecule has 2 heterocycles. The van der Waals surface area contributed by atoms with Crippen molar-refractivity contribution in [3.63, 3.8) is 0 Å². The molecule has 3 atom stereocenters. The monoisotopic (exact) mass is 390 g/mol. The Morgan fingerprint density at radius 2 is 2.03 bits per heavy atom. The highest BCUT2D eigenvalue weighted by Gasteiger charge is 2.38. The zero-order valence-electron chi connectivity index (χ0n) is 17.3. The van der Waals surface area contributed by atoms with Crippen molar-refractivity contribution < 1.29 is 5.11 Å². The van der Waals surface area contributed by atoms with E-state index in [9.17, 15) is 5.11 Å². The van der Waals surface area contributed by atoms with Gasteiger partial charge in [0.25, 0.3) is 0 Å². The van der Waals surface area contributed by atoms with Gasteiger partial charge in [0.05, 0.1) is 12.3 Å². The van der Waals surface area contributed by atoms with E-state index in [4.69, 9.17) is 0 Å². The number of nitrogens with one attached hydrogen (secondary N) is 1. The Morgan fingerprint density at radius 3 is 2.76 bits per heavy atom. The first-order chi connectivity index (χ1) is 14.1. The molecule has 1 fully saturated rings. The average Bonchev–Trinajstić information content (AvgIpc) is 3.30. The van der Waals surface area contributed by atoms with Crippen LogP contribution in [-0.4, -0.2) is 45.1 Å². The third-order valence-electron chi connectivity index (χ3n) is 6.70. The Morgan fingerprint density at radius 1 is 1.21 bits per heavy atom. The van der Waals surface area contributed by atoms with Gasteiger partial charge in [0.1, 0.15) is 5.69 Å². The topological polar surface area (TPSA) is 65.0 Å². The molecule has 2 aromatic carbocycles. The van der Waals surface area contributed by atoms with Crippen LogP contribution >= 0.6 is 0 Å². The number of aromatic nitrogens is 3. The van der Waals surface area contributed by atoms with Crippen LogP contribution in [0.3, 0.4) is 0 Å². The van der Waals surface area contributed by atoms with Crippen LogP contribution < -0.4 is 0 Å². The molecule has 0 amide bonds. The normalized spacial score (nSPS) is 23.8. The molecule has 1 saturated heterocycles. The lowest BCUT2D eigenvalue weighted by molar-refractivity contribution is 0.0869. The highest BCUT2D eigenvalue weighted by Crippen LogP contribution is 2.40. The molecule has 1 aliphatic heterocycles. The fraction of sp³-hybridized carbons (Fsp3) is 0.417. The number of hydrogen-bond donors (Lipinski definition) is 2. The smallest absolute Gasteiger partial charge is 0.112 e. The molecular formula is C24H30N4O. The van der Waals surface area contributed by atoms with Gasteiger partial charge in [-0.15, -0.1) is 0 Å². The molecule has 152 valence electrons. The summed E-state index contributed by atoms with van der Waals surface area (Å²) in [6.07, 6.45) is 3.26. The summed E-state index contributed by atoms with van der Waals surface area (Å²) in [5.41, 5.74) is 4.50. The van der Waals surface area contributed by atoms with Crippen LogP contribution in [-0.2, 0) is 5.41 Å². The highest BCUT2D eigenvalue weighted by atomic mass is 16.3. The average molecular weight is 391 g/mol. The lowest BCUT2D eigenvalue weighted by Crippen LogP contribution is -2.47. The van der Waals surface area contributed by atoms with Crippen molar-refractivity contribution in [2.45, 2.75) is 38.2 Å². The van der Waals surface area contributed by atoms with Crippen molar-refractivity contribution in [2.24, 2.45) is 5.92 Å². The van der Waals surface area contributed by atoms with Crippen LogP contribution in [0.5, 0.6) is 0 Å². The number of hydrogen-bond acceptors (Lipinski definition) is 4. The Hall–Kier alpha value is -2.50. The number of aliphatic hydroxyl groups excluding tert-OH is 1. The van der Waals surface area contributed by atoms with Gasteiger partial charge < -0.3 is 10.0 Å². The number of likely N-dealkylation sites (tertiary alicyclic amines) is 1. The summed E-state index contributed by atoms with van der Waals surface area (Å²) < 4.78 is 0. The largest absolute Gasteiger partial charge is 0.388 e. The predicted octanol–water partition coefficient (Wildman–Crippen LogP) is 4.19. The van der Waals surface area contributed by atoms with Crippen molar-refractivity contribution in [1.82, 2.24) is 20.3 Å². The molecule has 29 heavy (non-hydrogen) atoms. The molecule has 3 unspecified atom stereocenters. The Balaban J connectivity index is 1.40. The van der Waals surface area contributed by atoms with Crippen molar-refractivity contribution in [3.8, 4) is 11.3 Å². The molecule has 0 saturated carbocycles. The van der Waals surface area contributed by atoms with Gasteiger partial charge in [0.2, 0.25) is 0 Å². The van der Waals surface area contributed by atoms with E-state index in [0.717, 1.165) is 49.3 Å². The van der Waals surface area contributed by atoms with E-state index in [0.29, 0.717) is 5.92 Å². The molecule has 3 aromatic rings. The second-order valence-corrected chi connectivity index (χ2v) is 8.52. The van der Waals surface area contributed by atoms with Crippen LogP contribution in [0.1, 0.15) is 43.9 Å². The SMILES string of the molecule is CC1CN(CCC(O)c2ccccc2)CCC1(C)c1cccc(-c2cn[nH]n2)c1. The minimum absolute atomic E-state index is 0.133. The number of H-pyrrole nitrogens is 1. The van der Waals surface area contributed by atoms with Crippen molar-refractivity contribution >= 4 is 0 Å². The molecule has 0 bridgehead atoms. The maximum atomic E-state index is 10.5. The summed E-state index contributed by atoms with van der Waals surface area (Å²) in [5.74, 6) is 0.526. The lowest BCUT2D eigenvalue weighted by atomic mass is 9.67. The Labute approximate surface area is 172 Å². The summed E-state index contributed by atoms with van der Waals surface area (Å²) in [6.45, 7) is 7.76. The fourth-order valence-corrected chi connectivity index (χ4v) is 4.47. The first kappa shape index (κ1) is 19.8. The van der Waals surface area contributed by atoms with Gasteiger partial charge in [-0.1, -0.05) is 62.4 Å². The van der Waals surface area contributed by atoms with Gasteiger partial charge in [-0.2, -0.15) is 15.4 Å². The fourth-order valence-electron chi connectivity index (χ4n) is 4.47. The van der Waals surface area contributed by atoms with E-state index < -0.39 is 0 Å². The third kappa shape index (κ3) is 4.26. The van der Waals surface area contributed by atoms with E-state index in [-0.39, 0.29) is 11.5 Å². The van der Waals surface area contributed by atoms with Crippen LogP contribution in [0.15, 0.2) is 60.8 Å². The van der Waals surface area contributed by atoms with Crippen molar-refractivity contribution in [2.75, 3.05) is 19.6 Å². The van der Waals surface area contributed by atoms with Gasteiger partial charge in [-0.05, 0) is 47.9 Å². The van der Waals surface area contributed by atoms with E-state index >= 15 is 0 Å². The van der Waals surface area contributed by atoms with Crippen LogP contribution in [0.25, 0.3) is 11.3 Å². The zero-order chi connectivity index (χ0) is 20.3. The van der Waals surface area contributed by atoms with Crippen molar-refractivity contribution in [3.05, 3.63) is 71.9 Å². The second kappa shape index (κ2) is 8.47. The number of aliphatic hydroxyl groups is 1. The standard InChI is InChI=1S/C24H30N4O/c1-18-17-28(13-11-23(29)19-7-4-3-5-8-19)14-12-24(18,2)21-10-6-9-20(15-21)22-16-25-27-26-22/h3-10,15-16,18,23,29H,11-14,17H2,1-2H3,(H,25,26,27). The summed E-state index contributed by atoms with van der Waals surface area (Å²) in [5, 5.41) is 21.3. The number of piperidine rings is 1. The second-order valence-electron chi connectivity index (χ2n) is 8.52. The molecule has 0 spiro atoms. The maximum Gasteiger partial charge on any atom is 0.112 e. The van der Waals surface area contributed by atoms with Gasteiger partial charge in [0.15, 0.2) is 0 Å². The van der Waals surface area contributed by atoms with Gasteiger partial charge in [-0.25, -0.2) is 0 Å². The highest BCUT2D eigenvalue weighted by molar-refractivity contribution is 5.59. The first-order valence-electron chi connectivity index (χ1n) is 10.5. The first-order valence-corrected chi connectivity index (χ1v) is 10.5. The lowest BCUT2D eigenvalue weighted by Gasteiger charge is -2.45. The number of aromatic amines is 1. The summed E-state index contributed by atoms with van der Waals surface area (Å²) in [6, 6.07) is 18.7. The molecule has 0 radical (unpaired) electrons. The maximum absolute atomic E-state index is 10.5. The summed E-state index contributed by atoms with van der Waals surface area (Å²) in [7, 11) is 0. The summed E-state index contributed by atoms with van der Waals surface area (Å²) >= 11 is 0. The molecule has 1 aromatic heterocycles. The van der Waals surface area contributed by atoms with Gasteiger partial charge >= 0.3 is 0 Å². The summed E-state index contributed by atoms with van der Waals surface area (Å²) in [4.78, 5) is 2.50. The molecule has 5 nitrogen and oxygen atoms in total. The molecule has 2 N–H and O–H groups in total. The van der Waals surface area contributed by atoms with Crippen LogP contribution in [0.2, 0.25) is 0 Å². The van der Waals surface area contributed by atoms with E-state index in [1.54, 1.807) is 6.20 Å². The van der Waals surface area contributed by atoms with Crippen LogP contribution in [0.4, 0.5) is 0 Å². The van der Waals surface area contributed by atoms with Crippen LogP contribution in [0, 0.1) is 5.92 Å². The van der Waals surface area contributed by atoms with Crippen molar-refractivity contribution in [1.29, 1.82) is 0 Å². The quantitative estimate of drug-likeness (QED) is 0.662. The molecule has 4 rings (SSSR count). The third-order valence-corrected chi connectivity index (χ3v) is 6.70. The Bertz CT molecular complexity index is 912. The minimum Gasteiger partial charge on any atom is -0.388 e. The Kier molecular flexibility index (Phi) is 5.79. The number of rotatable bonds is 6. The van der Waals surface area contributed by atoms with E-state index in [2.05, 4.69) is 58.4 Å². The molecule has 5 heteroatoms. The predicted molar refractivity (Wildman–Crippen MR) is 115 cm³/mol. The minimum atomic E-state index is -0.390. The molecule has 0 aliphatic carbocycles. The number of benzene rings is 2. The zero-order valence-corrected chi connectivity index (χ0v) is 17.3. The molecule has 1 aliphatic rings. The number of nitrogens with zero attached hydrogens (tertiary/aromatic N) is 3.